The molecule has 2 unspecified atom stereocenters. The van der Waals surface area contributed by atoms with Gasteiger partial charge in [0.1, 0.15) is 0 Å². The minimum Gasteiger partial charge on any atom is -0.462 e. The molecule has 0 aliphatic heterocycles. The Balaban J connectivity index is 2.06. The Bertz CT molecular complexity index is 488. The molecule has 3 N–H and O–H groups in total. The van der Waals surface area contributed by atoms with Crippen molar-refractivity contribution in [2.45, 2.75) is 39.5 Å². The Kier molecular flexibility index (Phi) is 5.48. The average Bonchev–Trinajstić information content (AvgIpc) is 2.46. The lowest BCUT2D eigenvalue weighted by molar-refractivity contribution is 0.0527. The summed E-state index contributed by atoms with van der Waals surface area (Å²) in [7, 11) is 0. The molecule has 1 aliphatic carbocycles. The summed E-state index contributed by atoms with van der Waals surface area (Å²) in [6, 6.07) is 5.37. The van der Waals surface area contributed by atoms with Gasteiger partial charge in [0.2, 0.25) is 0 Å². The first-order valence-corrected chi connectivity index (χ1v) is 7.91. The molecule has 1 aromatic carbocycles. The largest absolute Gasteiger partial charge is 0.462 e. The number of carbonyl (C=O) groups excluding carboxylic acids is 1. The molecule has 0 heterocycles. The molecule has 21 heavy (non-hydrogen) atoms. The standard InChI is InChI=1S/C17H26N2O2/c1-3-21-17(20)14-8-5-9-15(18)16(14)19-11-13-7-4-6-12(2)10-13/h5,8-9,12-13,19H,3-4,6-7,10-11,18H2,1-2H3. The SMILES string of the molecule is CCOC(=O)c1cccc(N)c1NCC1CCCC(C)C1. The molecule has 0 saturated heterocycles. The van der Waals surface area contributed by atoms with Gasteiger partial charge >= 0.3 is 5.97 Å². The van der Waals surface area contributed by atoms with Crippen molar-refractivity contribution in [3.05, 3.63) is 23.8 Å². The first-order chi connectivity index (χ1) is 10.1. The summed E-state index contributed by atoms with van der Waals surface area (Å²) in [6.07, 6.45) is 5.12. The van der Waals surface area contributed by atoms with Crippen LogP contribution in [0.25, 0.3) is 0 Å². The van der Waals surface area contributed by atoms with Gasteiger partial charge < -0.3 is 15.8 Å². The van der Waals surface area contributed by atoms with E-state index in [2.05, 4.69) is 12.2 Å². The number of benzene rings is 1. The van der Waals surface area contributed by atoms with Crippen LogP contribution in [-0.4, -0.2) is 19.1 Å². The van der Waals surface area contributed by atoms with Crippen molar-refractivity contribution in [2.24, 2.45) is 11.8 Å². The quantitative estimate of drug-likeness (QED) is 0.641. The van der Waals surface area contributed by atoms with Crippen LogP contribution in [0.2, 0.25) is 0 Å². The molecular weight excluding hydrogens is 264 g/mol. The van der Waals surface area contributed by atoms with E-state index in [0.717, 1.165) is 12.5 Å². The van der Waals surface area contributed by atoms with E-state index in [-0.39, 0.29) is 5.97 Å². The maximum absolute atomic E-state index is 12.0. The lowest BCUT2D eigenvalue weighted by Gasteiger charge is -2.27. The highest BCUT2D eigenvalue weighted by Crippen LogP contribution is 2.30. The zero-order valence-electron chi connectivity index (χ0n) is 13.0. The van der Waals surface area contributed by atoms with Gasteiger partial charge in [0, 0.05) is 6.54 Å². The number of hydrogen-bond acceptors (Lipinski definition) is 4. The lowest BCUT2D eigenvalue weighted by atomic mass is 9.82. The number of rotatable bonds is 5. The van der Waals surface area contributed by atoms with Crippen LogP contribution >= 0.6 is 0 Å². The maximum Gasteiger partial charge on any atom is 0.340 e. The van der Waals surface area contributed by atoms with E-state index in [1.54, 1.807) is 19.1 Å². The molecule has 1 aliphatic rings. The molecular formula is C17H26N2O2. The summed E-state index contributed by atoms with van der Waals surface area (Å²) in [6.45, 7) is 5.35. The summed E-state index contributed by atoms with van der Waals surface area (Å²) in [5.41, 5.74) is 7.87. The Labute approximate surface area is 127 Å². The number of ether oxygens (including phenoxy) is 1. The first-order valence-electron chi connectivity index (χ1n) is 7.91. The number of nitrogens with one attached hydrogen (secondary N) is 1. The van der Waals surface area contributed by atoms with Crippen LogP contribution in [0.3, 0.4) is 0 Å². The minimum absolute atomic E-state index is 0.315. The first kappa shape index (κ1) is 15.7. The predicted molar refractivity (Wildman–Crippen MR) is 86.4 cm³/mol. The third kappa shape index (κ3) is 4.13. The summed E-state index contributed by atoms with van der Waals surface area (Å²) in [5, 5.41) is 3.39. The van der Waals surface area contributed by atoms with Gasteiger partial charge in [-0.1, -0.05) is 25.8 Å². The van der Waals surface area contributed by atoms with Crippen LogP contribution in [0.1, 0.15) is 49.9 Å². The highest BCUT2D eigenvalue weighted by molar-refractivity contribution is 5.98. The maximum atomic E-state index is 12.0. The summed E-state index contributed by atoms with van der Waals surface area (Å²) >= 11 is 0. The zero-order valence-corrected chi connectivity index (χ0v) is 13.0. The van der Waals surface area contributed by atoms with Crippen LogP contribution in [-0.2, 0) is 4.74 Å². The van der Waals surface area contributed by atoms with E-state index in [4.69, 9.17) is 10.5 Å². The van der Waals surface area contributed by atoms with Crippen LogP contribution in [0.5, 0.6) is 0 Å². The van der Waals surface area contributed by atoms with Gasteiger partial charge in [0.05, 0.1) is 23.5 Å². The second-order valence-corrected chi connectivity index (χ2v) is 6.01. The molecule has 116 valence electrons. The van der Waals surface area contributed by atoms with E-state index in [0.29, 0.717) is 29.5 Å². The molecule has 0 spiro atoms. The molecule has 1 saturated carbocycles. The monoisotopic (exact) mass is 290 g/mol. The molecule has 0 bridgehead atoms. The van der Waals surface area contributed by atoms with Crippen molar-refractivity contribution in [1.82, 2.24) is 0 Å². The highest BCUT2D eigenvalue weighted by atomic mass is 16.5. The second-order valence-electron chi connectivity index (χ2n) is 6.01. The average molecular weight is 290 g/mol. The van der Waals surface area contributed by atoms with E-state index in [1.807, 2.05) is 6.07 Å². The van der Waals surface area contributed by atoms with Gasteiger partial charge in [-0.05, 0) is 43.7 Å². The normalized spacial score (nSPS) is 21.8. The van der Waals surface area contributed by atoms with Crippen LogP contribution in [0, 0.1) is 11.8 Å². The summed E-state index contributed by atoms with van der Waals surface area (Å²) < 4.78 is 5.10. The van der Waals surface area contributed by atoms with Gasteiger partial charge in [-0.15, -0.1) is 0 Å². The molecule has 2 atom stereocenters. The fraction of sp³-hybridized carbons (Fsp3) is 0.588. The van der Waals surface area contributed by atoms with Crippen molar-refractivity contribution in [3.8, 4) is 0 Å². The number of nitrogen functional groups attached to an aromatic ring is 1. The summed E-state index contributed by atoms with van der Waals surface area (Å²) in [4.78, 5) is 12.0. The Morgan fingerprint density at radius 1 is 1.43 bits per heavy atom. The molecule has 4 nitrogen and oxygen atoms in total. The topological polar surface area (TPSA) is 64.3 Å². The third-order valence-electron chi connectivity index (χ3n) is 4.20. The fourth-order valence-corrected chi connectivity index (χ4v) is 3.14. The lowest BCUT2D eigenvalue weighted by Crippen LogP contribution is -2.22. The van der Waals surface area contributed by atoms with Crippen LogP contribution in [0.4, 0.5) is 11.4 Å². The highest BCUT2D eigenvalue weighted by Gasteiger charge is 2.20. The van der Waals surface area contributed by atoms with E-state index >= 15 is 0 Å². The van der Waals surface area contributed by atoms with Crippen molar-refractivity contribution in [1.29, 1.82) is 0 Å². The second kappa shape index (κ2) is 7.34. The number of hydrogen-bond donors (Lipinski definition) is 2. The number of para-hydroxylation sites is 1. The summed E-state index contributed by atoms with van der Waals surface area (Å²) in [5.74, 6) is 1.14. The van der Waals surface area contributed by atoms with Gasteiger partial charge in [0.25, 0.3) is 0 Å². The molecule has 0 aromatic heterocycles. The predicted octanol–water partition coefficient (Wildman–Crippen LogP) is 3.68. The third-order valence-corrected chi connectivity index (χ3v) is 4.20. The number of nitrogens with two attached hydrogens (primary N) is 1. The zero-order chi connectivity index (χ0) is 15.2. The molecule has 1 aromatic rings. The fourth-order valence-electron chi connectivity index (χ4n) is 3.14. The Morgan fingerprint density at radius 2 is 2.24 bits per heavy atom. The number of esters is 1. The minimum atomic E-state index is -0.315. The van der Waals surface area contributed by atoms with Gasteiger partial charge in [0.15, 0.2) is 0 Å². The van der Waals surface area contributed by atoms with Gasteiger partial charge in [-0.2, -0.15) is 0 Å². The van der Waals surface area contributed by atoms with Crippen molar-refractivity contribution >= 4 is 17.3 Å². The number of carbonyl (C=O) groups is 1. The Morgan fingerprint density at radius 3 is 2.95 bits per heavy atom. The molecule has 2 rings (SSSR count). The molecule has 0 radical (unpaired) electrons. The van der Waals surface area contributed by atoms with E-state index in [9.17, 15) is 4.79 Å². The Hall–Kier alpha value is -1.71. The molecule has 4 heteroatoms. The van der Waals surface area contributed by atoms with E-state index < -0.39 is 0 Å². The smallest absolute Gasteiger partial charge is 0.340 e. The number of anilines is 2. The van der Waals surface area contributed by atoms with Crippen LogP contribution in [0.15, 0.2) is 18.2 Å². The van der Waals surface area contributed by atoms with Crippen molar-refractivity contribution < 1.29 is 9.53 Å². The van der Waals surface area contributed by atoms with Crippen LogP contribution < -0.4 is 11.1 Å². The molecule has 1 fully saturated rings. The van der Waals surface area contributed by atoms with E-state index in [1.165, 1.54) is 25.7 Å². The van der Waals surface area contributed by atoms with Crippen molar-refractivity contribution in [2.75, 3.05) is 24.2 Å². The van der Waals surface area contributed by atoms with Crippen molar-refractivity contribution in [3.63, 3.8) is 0 Å². The molecule has 0 amide bonds. The van der Waals surface area contributed by atoms with Gasteiger partial charge in [-0.25, -0.2) is 4.79 Å². The van der Waals surface area contributed by atoms with Gasteiger partial charge in [-0.3, -0.25) is 0 Å².